The van der Waals surface area contributed by atoms with Crippen LogP contribution in [0.25, 0.3) is 0 Å². The Morgan fingerprint density at radius 1 is 1.11 bits per heavy atom. The maximum Gasteiger partial charge on any atom is 0.226 e. The first-order valence-electron chi connectivity index (χ1n) is 6.85. The lowest BCUT2D eigenvalue weighted by molar-refractivity contribution is 0.369. The molecule has 4 heteroatoms. The molecule has 102 valence electrons. The van der Waals surface area contributed by atoms with Gasteiger partial charge in [-0.1, -0.05) is 41.4 Å². The second-order valence-corrected chi connectivity index (χ2v) is 4.87. The first-order chi connectivity index (χ1) is 9.28. The van der Waals surface area contributed by atoms with E-state index in [1.165, 1.54) is 11.1 Å². The van der Waals surface area contributed by atoms with Gasteiger partial charge in [0.2, 0.25) is 5.89 Å². The fourth-order valence-electron chi connectivity index (χ4n) is 1.95. The molecule has 19 heavy (non-hydrogen) atoms. The van der Waals surface area contributed by atoms with Gasteiger partial charge in [-0.3, -0.25) is 0 Å². The number of hydrogen-bond acceptors (Lipinski definition) is 4. The summed E-state index contributed by atoms with van der Waals surface area (Å²) in [7, 11) is 0. The van der Waals surface area contributed by atoms with Gasteiger partial charge in [0.25, 0.3) is 0 Å². The van der Waals surface area contributed by atoms with Crippen LogP contribution in [0, 0.1) is 6.92 Å². The Morgan fingerprint density at radius 3 is 2.63 bits per heavy atom. The maximum atomic E-state index is 5.46. The Kier molecular flexibility index (Phi) is 5.10. The van der Waals surface area contributed by atoms with Crippen molar-refractivity contribution in [3.8, 4) is 0 Å². The summed E-state index contributed by atoms with van der Waals surface area (Å²) in [6.07, 6.45) is 4.81. The van der Waals surface area contributed by atoms with E-state index in [2.05, 4.69) is 41.3 Å². The van der Waals surface area contributed by atoms with E-state index in [0.717, 1.165) is 50.4 Å². The average Bonchev–Trinajstić information content (AvgIpc) is 2.85. The molecule has 1 heterocycles. The fourth-order valence-corrected chi connectivity index (χ4v) is 1.95. The van der Waals surface area contributed by atoms with Gasteiger partial charge in [0.05, 0.1) is 0 Å². The molecule has 2 N–H and O–H groups in total. The Bertz CT molecular complexity index is 490. The van der Waals surface area contributed by atoms with E-state index in [1.54, 1.807) is 0 Å². The van der Waals surface area contributed by atoms with Crippen molar-refractivity contribution in [1.82, 2.24) is 10.1 Å². The standard InChI is InChI=1S/C15H21N3O/c1-12-6-8-13(9-7-12)11-14-17-15(19-18-14)5-3-2-4-10-16/h6-9H,2-5,10-11,16H2,1H3. The van der Waals surface area contributed by atoms with Crippen LogP contribution >= 0.6 is 0 Å². The highest BCUT2D eigenvalue weighted by Crippen LogP contribution is 2.10. The molecule has 1 aromatic carbocycles. The lowest BCUT2D eigenvalue weighted by Gasteiger charge is -1.97. The summed E-state index contributed by atoms with van der Waals surface area (Å²) in [6.45, 7) is 2.83. The third-order valence-corrected chi connectivity index (χ3v) is 3.09. The number of nitrogens with zero attached hydrogens (tertiary/aromatic N) is 2. The van der Waals surface area contributed by atoms with Gasteiger partial charge in [0, 0.05) is 12.8 Å². The number of rotatable bonds is 7. The van der Waals surface area contributed by atoms with E-state index in [4.69, 9.17) is 10.3 Å². The molecule has 0 atom stereocenters. The minimum Gasteiger partial charge on any atom is -0.339 e. The highest BCUT2D eigenvalue weighted by molar-refractivity contribution is 5.23. The highest BCUT2D eigenvalue weighted by atomic mass is 16.5. The van der Waals surface area contributed by atoms with Crippen molar-refractivity contribution >= 4 is 0 Å². The van der Waals surface area contributed by atoms with Crippen LogP contribution < -0.4 is 5.73 Å². The zero-order chi connectivity index (χ0) is 13.5. The zero-order valence-corrected chi connectivity index (χ0v) is 11.4. The lowest BCUT2D eigenvalue weighted by atomic mass is 10.1. The van der Waals surface area contributed by atoms with Gasteiger partial charge in [0.15, 0.2) is 5.82 Å². The highest BCUT2D eigenvalue weighted by Gasteiger charge is 2.06. The Labute approximate surface area is 114 Å². The minimum atomic E-state index is 0.729. The van der Waals surface area contributed by atoms with Crippen LogP contribution in [0.5, 0.6) is 0 Å². The number of nitrogens with two attached hydrogens (primary N) is 1. The van der Waals surface area contributed by atoms with Gasteiger partial charge in [-0.2, -0.15) is 4.98 Å². The van der Waals surface area contributed by atoms with Gasteiger partial charge in [0.1, 0.15) is 0 Å². The van der Waals surface area contributed by atoms with Gasteiger partial charge in [-0.15, -0.1) is 0 Å². The summed E-state index contributed by atoms with van der Waals surface area (Å²) < 4.78 is 5.25. The van der Waals surface area contributed by atoms with Crippen molar-refractivity contribution < 1.29 is 4.52 Å². The summed E-state index contributed by atoms with van der Waals surface area (Å²) in [5, 5.41) is 4.02. The lowest BCUT2D eigenvalue weighted by Crippen LogP contribution is -1.98. The monoisotopic (exact) mass is 259 g/mol. The molecule has 0 radical (unpaired) electrons. The van der Waals surface area contributed by atoms with E-state index >= 15 is 0 Å². The summed E-state index contributed by atoms with van der Waals surface area (Å²) >= 11 is 0. The molecule has 0 amide bonds. The summed E-state index contributed by atoms with van der Waals surface area (Å²) in [6, 6.07) is 8.41. The van der Waals surface area contributed by atoms with Crippen LogP contribution in [0.1, 0.15) is 42.1 Å². The molecule has 0 aliphatic carbocycles. The van der Waals surface area contributed by atoms with Gasteiger partial charge >= 0.3 is 0 Å². The number of benzene rings is 1. The van der Waals surface area contributed by atoms with Crippen molar-refractivity contribution in [2.24, 2.45) is 5.73 Å². The molecule has 0 unspecified atom stereocenters. The van der Waals surface area contributed by atoms with E-state index in [9.17, 15) is 0 Å². The van der Waals surface area contributed by atoms with Gasteiger partial charge in [-0.05, 0) is 31.9 Å². The zero-order valence-electron chi connectivity index (χ0n) is 11.4. The Hall–Kier alpha value is -1.68. The Balaban J connectivity index is 1.85. The van der Waals surface area contributed by atoms with E-state index in [1.807, 2.05) is 0 Å². The second-order valence-electron chi connectivity index (χ2n) is 4.87. The molecule has 2 aromatic rings. The number of aryl methyl sites for hydroxylation is 2. The maximum absolute atomic E-state index is 5.46. The second kappa shape index (κ2) is 7.04. The number of aromatic nitrogens is 2. The minimum absolute atomic E-state index is 0.729. The van der Waals surface area contributed by atoms with Crippen molar-refractivity contribution in [3.63, 3.8) is 0 Å². The van der Waals surface area contributed by atoms with E-state index in [-0.39, 0.29) is 0 Å². The smallest absolute Gasteiger partial charge is 0.226 e. The van der Waals surface area contributed by atoms with Gasteiger partial charge in [-0.25, -0.2) is 0 Å². The summed E-state index contributed by atoms with van der Waals surface area (Å²) in [5.41, 5.74) is 7.93. The summed E-state index contributed by atoms with van der Waals surface area (Å²) in [5.74, 6) is 1.50. The van der Waals surface area contributed by atoms with Crippen molar-refractivity contribution in [2.45, 2.75) is 39.0 Å². The molecule has 0 aliphatic heterocycles. The SMILES string of the molecule is Cc1ccc(Cc2noc(CCCCCN)n2)cc1. The number of hydrogen-bond donors (Lipinski definition) is 1. The molecular formula is C15H21N3O. The van der Waals surface area contributed by atoms with Crippen LogP contribution in [0.2, 0.25) is 0 Å². The van der Waals surface area contributed by atoms with Crippen LogP contribution in [-0.4, -0.2) is 16.7 Å². The predicted molar refractivity (Wildman–Crippen MR) is 74.9 cm³/mol. The summed E-state index contributed by atoms with van der Waals surface area (Å²) in [4.78, 5) is 4.42. The largest absolute Gasteiger partial charge is 0.339 e. The molecule has 0 fully saturated rings. The first kappa shape index (κ1) is 13.7. The van der Waals surface area contributed by atoms with Crippen LogP contribution in [-0.2, 0) is 12.8 Å². The van der Waals surface area contributed by atoms with Crippen molar-refractivity contribution in [1.29, 1.82) is 0 Å². The Morgan fingerprint density at radius 2 is 1.89 bits per heavy atom. The molecule has 4 nitrogen and oxygen atoms in total. The molecule has 0 saturated carbocycles. The van der Waals surface area contributed by atoms with Gasteiger partial charge < -0.3 is 10.3 Å². The normalized spacial score (nSPS) is 10.8. The van der Waals surface area contributed by atoms with Crippen LogP contribution in [0.3, 0.4) is 0 Å². The third kappa shape index (κ3) is 4.48. The molecule has 0 aliphatic rings. The fraction of sp³-hybridized carbons (Fsp3) is 0.467. The first-order valence-corrected chi connectivity index (χ1v) is 6.85. The molecule has 0 saturated heterocycles. The molecule has 0 bridgehead atoms. The van der Waals surface area contributed by atoms with Crippen molar-refractivity contribution in [3.05, 3.63) is 47.1 Å². The van der Waals surface area contributed by atoms with E-state index < -0.39 is 0 Å². The van der Waals surface area contributed by atoms with Crippen LogP contribution in [0.4, 0.5) is 0 Å². The van der Waals surface area contributed by atoms with Crippen molar-refractivity contribution in [2.75, 3.05) is 6.54 Å². The van der Waals surface area contributed by atoms with E-state index in [0.29, 0.717) is 0 Å². The predicted octanol–water partition coefficient (Wildman–Crippen LogP) is 2.64. The average molecular weight is 259 g/mol. The molecule has 1 aromatic heterocycles. The molecule has 2 rings (SSSR count). The number of unbranched alkanes of at least 4 members (excludes halogenated alkanes) is 2. The molecule has 0 spiro atoms. The molecular weight excluding hydrogens is 238 g/mol. The topological polar surface area (TPSA) is 64.9 Å². The third-order valence-electron chi connectivity index (χ3n) is 3.09. The van der Waals surface area contributed by atoms with Crippen LogP contribution in [0.15, 0.2) is 28.8 Å². The quantitative estimate of drug-likeness (QED) is 0.776.